The second-order valence-electron chi connectivity index (χ2n) is 4.23. The number of hydrazine groups is 1. The summed E-state index contributed by atoms with van der Waals surface area (Å²) in [5.74, 6) is 6.52. The monoisotopic (exact) mass is 243 g/mol. The zero-order valence-electron chi connectivity index (χ0n) is 10.8. The van der Waals surface area contributed by atoms with Gasteiger partial charge in [0, 0.05) is 18.9 Å². The summed E-state index contributed by atoms with van der Waals surface area (Å²) in [4.78, 5) is 10.3. The van der Waals surface area contributed by atoms with Crippen LogP contribution in [-0.2, 0) is 0 Å². The molecule has 0 saturated heterocycles. The van der Waals surface area contributed by atoms with Crippen molar-refractivity contribution in [1.82, 2.24) is 9.97 Å². The molecule has 3 N–H and O–H groups in total. The van der Waals surface area contributed by atoms with Crippen LogP contribution >= 0.6 is 0 Å². The fourth-order valence-corrected chi connectivity index (χ4v) is 1.91. The molecule has 1 aromatic heterocycles. The number of hydrogen-bond acceptors (Lipinski definition) is 5. The highest BCUT2D eigenvalue weighted by Gasteiger charge is 2.09. The van der Waals surface area contributed by atoms with E-state index in [0.29, 0.717) is 5.95 Å². The molecule has 94 valence electrons. The quantitative estimate of drug-likeness (QED) is 0.638. The first-order chi connectivity index (χ1) is 8.61. The van der Waals surface area contributed by atoms with Crippen LogP contribution < -0.4 is 16.2 Å². The van der Waals surface area contributed by atoms with E-state index in [4.69, 9.17) is 5.84 Å². The second kappa shape index (κ2) is 5.01. The SMILES string of the molecule is Cc1ccc(N(C)c2ccnc(NN)n2)c(C)c1. The number of nitrogens with zero attached hydrogens (tertiary/aromatic N) is 3. The lowest BCUT2D eigenvalue weighted by atomic mass is 10.1. The van der Waals surface area contributed by atoms with Crippen LogP contribution in [0.5, 0.6) is 0 Å². The Kier molecular flexibility index (Phi) is 3.43. The molecular weight excluding hydrogens is 226 g/mol. The van der Waals surface area contributed by atoms with E-state index in [-0.39, 0.29) is 0 Å². The number of hydrogen-bond donors (Lipinski definition) is 2. The lowest BCUT2D eigenvalue weighted by molar-refractivity contribution is 1.05. The molecule has 0 aliphatic heterocycles. The van der Waals surface area contributed by atoms with Crippen LogP contribution in [0.2, 0.25) is 0 Å². The van der Waals surface area contributed by atoms with Crippen molar-refractivity contribution < 1.29 is 0 Å². The molecule has 18 heavy (non-hydrogen) atoms. The number of anilines is 3. The average Bonchev–Trinajstić information content (AvgIpc) is 2.38. The van der Waals surface area contributed by atoms with E-state index in [9.17, 15) is 0 Å². The van der Waals surface area contributed by atoms with Crippen molar-refractivity contribution in [2.45, 2.75) is 13.8 Å². The summed E-state index contributed by atoms with van der Waals surface area (Å²) in [5.41, 5.74) is 6.02. The van der Waals surface area contributed by atoms with Crippen molar-refractivity contribution in [2.24, 2.45) is 5.84 Å². The Morgan fingerprint density at radius 2 is 2.00 bits per heavy atom. The zero-order chi connectivity index (χ0) is 13.1. The molecule has 0 unspecified atom stereocenters. The molecule has 5 nitrogen and oxygen atoms in total. The molecule has 0 bridgehead atoms. The van der Waals surface area contributed by atoms with Gasteiger partial charge in [0.15, 0.2) is 0 Å². The maximum Gasteiger partial charge on any atom is 0.239 e. The Hall–Kier alpha value is -2.14. The topological polar surface area (TPSA) is 67.1 Å². The predicted molar refractivity (Wildman–Crippen MR) is 73.8 cm³/mol. The summed E-state index contributed by atoms with van der Waals surface area (Å²) in [6, 6.07) is 8.17. The molecule has 0 aliphatic rings. The molecule has 0 radical (unpaired) electrons. The Balaban J connectivity index is 2.37. The fourth-order valence-electron chi connectivity index (χ4n) is 1.91. The Morgan fingerprint density at radius 1 is 1.22 bits per heavy atom. The summed E-state index contributed by atoms with van der Waals surface area (Å²) >= 11 is 0. The van der Waals surface area contributed by atoms with Gasteiger partial charge in [-0.3, -0.25) is 5.43 Å². The van der Waals surface area contributed by atoms with Gasteiger partial charge in [-0.15, -0.1) is 0 Å². The molecule has 0 spiro atoms. The largest absolute Gasteiger partial charge is 0.329 e. The molecule has 2 aromatic rings. The van der Waals surface area contributed by atoms with E-state index in [2.05, 4.69) is 47.4 Å². The lowest BCUT2D eigenvalue weighted by Crippen LogP contribution is -2.16. The van der Waals surface area contributed by atoms with Crippen molar-refractivity contribution in [3.8, 4) is 0 Å². The van der Waals surface area contributed by atoms with Gasteiger partial charge in [-0.2, -0.15) is 4.98 Å². The first-order valence-corrected chi connectivity index (χ1v) is 5.72. The smallest absolute Gasteiger partial charge is 0.239 e. The Morgan fingerprint density at radius 3 is 2.67 bits per heavy atom. The number of aromatic nitrogens is 2. The van der Waals surface area contributed by atoms with Gasteiger partial charge in [0.25, 0.3) is 0 Å². The van der Waals surface area contributed by atoms with E-state index < -0.39 is 0 Å². The molecule has 0 amide bonds. The van der Waals surface area contributed by atoms with Gasteiger partial charge in [-0.05, 0) is 31.5 Å². The highest BCUT2D eigenvalue weighted by Crippen LogP contribution is 2.26. The third-order valence-electron chi connectivity index (χ3n) is 2.83. The van der Waals surface area contributed by atoms with Crippen molar-refractivity contribution in [3.05, 3.63) is 41.6 Å². The summed E-state index contributed by atoms with van der Waals surface area (Å²) in [6.07, 6.45) is 1.68. The van der Waals surface area contributed by atoms with Gasteiger partial charge in [-0.1, -0.05) is 17.7 Å². The zero-order valence-corrected chi connectivity index (χ0v) is 10.8. The van der Waals surface area contributed by atoms with Gasteiger partial charge in [0.05, 0.1) is 0 Å². The predicted octanol–water partition coefficient (Wildman–Crippen LogP) is 2.15. The normalized spacial score (nSPS) is 10.2. The Bertz CT molecular complexity index is 553. The van der Waals surface area contributed by atoms with Crippen molar-refractivity contribution in [3.63, 3.8) is 0 Å². The van der Waals surface area contributed by atoms with E-state index in [1.807, 2.05) is 18.0 Å². The van der Waals surface area contributed by atoms with Crippen molar-refractivity contribution >= 4 is 17.5 Å². The van der Waals surface area contributed by atoms with Gasteiger partial charge < -0.3 is 4.90 Å². The van der Waals surface area contributed by atoms with E-state index in [0.717, 1.165) is 11.5 Å². The van der Waals surface area contributed by atoms with Gasteiger partial charge >= 0.3 is 0 Å². The van der Waals surface area contributed by atoms with Gasteiger partial charge in [-0.25, -0.2) is 10.8 Å². The van der Waals surface area contributed by atoms with E-state index >= 15 is 0 Å². The first-order valence-electron chi connectivity index (χ1n) is 5.72. The maximum absolute atomic E-state index is 5.31. The second-order valence-corrected chi connectivity index (χ2v) is 4.23. The summed E-state index contributed by atoms with van der Waals surface area (Å²) in [6.45, 7) is 4.17. The van der Waals surface area contributed by atoms with Crippen molar-refractivity contribution in [2.75, 3.05) is 17.4 Å². The number of nitrogens with one attached hydrogen (secondary N) is 1. The van der Waals surface area contributed by atoms with Crippen molar-refractivity contribution in [1.29, 1.82) is 0 Å². The summed E-state index contributed by atoms with van der Waals surface area (Å²) in [7, 11) is 1.97. The minimum atomic E-state index is 0.407. The first kappa shape index (κ1) is 12.3. The van der Waals surface area contributed by atoms with E-state index in [1.54, 1.807) is 6.20 Å². The molecule has 0 aliphatic carbocycles. The number of nitrogen functional groups attached to an aromatic ring is 1. The molecule has 0 fully saturated rings. The highest BCUT2D eigenvalue weighted by molar-refractivity contribution is 5.63. The lowest BCUT2D eigenvalue weighted by Gasteiger charge is -2.21. The third kappa shape index (κ3) is 2.41. The van der Waals surface area contributed by atoms with Crippen LogP contribution in [0.4, 0.5) is 17.5 Å². The van der Waals surface area contributed by atoms with Crippen LogP contribution in [0.25, 0.3) is 0 Å². The van der Waals surface area contributed by atoms with Crippen LogP contribution in [0.15, 0.2) is 30.5 Å². The molecule has 0 saturated carbocycles. The molecule has 1 aromatic carbocycles. The summed E-state index contributed by atoms with van der Waals surface area (Å²) < 4.78 is 0. The minimum Gasteiger partial charge on any atom is -0.329 e. The molecule has 2 rings (SSSR count). The van der Waals surface area contributed by atoms with Crippen LogP contribution in [0.3, 0.4) is 0 Å². The van der Waals surface area contributed by atoms with Gasteiger partial charge in [0.1, 0.15) is 5.82 Å². The number of benzene rings is 1. The highest BCUT2D eigenvalue weighted by atomic mass is 15.3. The fraction of sp³-hybridized carbons (Fsp3) is 0.231. The van der Waals surface area contributed by atoms with Crippen LogP contribution in [0, 0.1) is 13.8 Å². The van der Waals surface area contributed by atoms with E-state index in [1.165, 1.54) is 11.1 Å². The standard InChI is InChI=1S/C13H17N5/c1-9-4-5-11(10(2)8-9)18(3)12-6-7-15-13(16-12)17-14/h4-8H,14H2,1-3H3,(H,15,16,17). The van der Waals surface area contributed by atoms with Crippen LogP contribution in [-0.4, -0.2) is 17.0 Å². The van der Waals surface area contributed by atoms with Crippen LogP contribution in [0.1, 0.15) is 11.1 Å². The molecule has 5 heteroatoms. The van der Waals surface area contributed by atoms with Gasteiger partial charge in [0.2, 0.25) is 5.95 Å². The molecule has 0 atom stereocenters. The third-order valence-corrected chi connectivity index (χ3v) is 2.83. The summed E-state index contributed by atoms with van der Waals surface area (Å²) in [5, 5.41) is 0. The number of nitrogens with two attached hydrogens (primary N) is 1. The molecular formula is C13H17N5. The molecule has 1 heterocycles. The number of rotatable bonds is 3. The number of aryl methyl sites for hydroxylation is 2. The average molecular weight is 243 g/mol. The minimum absolute atomic E-state index is 0.407. The Labute approximate surface area is 107 Å². The maximum atomic E-state index is 5.31.